The molecule has 1 unspecified atom stereocenters. The third kappa shape index (κ3) is 2.62. The smallest absolute Gasteiger partial charge is 0.163 e. The molecule has 0 aliphatic heterocycles. The molecule has 0 spiro atoms. The van der Waals surface area contributed by atoms with E-state index in [1.165, 1.54) is 18.3 Å². The van der Waals surface area contributed by atoms with Crippen LogP contribution in [0.25, 0.3) is 0 Å². The highest BCUT2D eigenvalue weighted by atomic mass is 35.5. The molecule has 1 aromatic heterocycles. The maximum atomic E-state index is 13.8. The van der Waals surface area contributed by atoms with E-state index in [0.717, 1.165) is 12.5 Å². The summed E-state index contributed by atoms with van der Waals surface area (Å²) in [5, 5.41) is 4.44. The zero-order chi connectivity index (χ0) is 14.0. The van der Waals surface area contributed by atoms with Crippen molar-refractivity contribution in [1.82, 2.24) is 9.78 Å². The molecule has 1 atom stereocenters. The second-order valence-electron chi connectivity index (χ2n) is 4.22. The van der Waals surface area contributed by atoms with Crippen LogP contribution in [0.15, 0.2) is 24.4 Å². The number of halogens is 3. The predicted molar refractivity (Wildman–Crippen MR) is 69.9 cm³/mol. The van der Waals surface area contributed by atoms with Crippen LogP contribution in [0.2, 0.25) is 5.02 Å². The van der Waals surface area contributed by atoms with E-state index >= 15 is 0 Å². The van der Waals surface area contributed by atoms with Gasteiger partial charge < -0.3 is 5.73 Å². The fourth-order valence-electron chi connectivity index (χ4n) is 1.98. The molecule has 102 valence electrons. The van der Waals surface area contributed by atoms with Gasteiger partial charge in [0.05, 0.1) is 23.0 Å². The molecule has 0 radical (unpaired) electrons. The maximum Gasteiger partial charge on any atom is 0.163 e. The van der Waals surface area contributed by atoms with Gasteiger partial charge in [0.2, 0.25) is 0 Å². The molecule has 0 saturated heterocycles. The lowest BCUT2D eigenvalue weighted by Crippen LogP contribution is -2.19. The van der Waals surface area contributed by atoms with Gasteiger partial charge >= 0.3 is 0 Å². The highest BCUT2D eigenvalue weighted by molar-refractivity contribution is 6.31. The van der Waals surface area contributed by atoms with Gasteiger partial charge in [-0.15, -0.1) is 0 Å². The Balaban J connectivity index is 2.46. The van der Waals surface area contributed by atoms with Crippen LogP contribution in [-0.2, 0) is 6.54 Å². The number of hydrogen-bond donors (Lipinski definition) is 1. The molecule has 0 amide bonds. The van der Waals surface area contributed by atoms with Crippen molar-refractivity contribution < 1.29 is 8.78 Å². The molecule has 0 saturated carbocycles. The topological polar surface area (TPSA) is 43.8 Å². The number of rotatable bonds is 4. The summed E-state index contributed by atoms with van der Waals surface area (Å²) in [6.45, 7) is 2.60. The standard InChI is InChI=1S/C13H14ClF2N3/c1-2-6-19-13(9(14)7-18-19)12(17)8-4-3-5-10(15)11(8)16/h3-5,7,12H,2,6,17H2,1H3. The largest absolute Gasteiger partial charge is 0.319 e. The number of nitrogens with zero attached hydrogens (tertiary/aromatic N) is 2. The van der Waals surface area contributed by atoms with Gasteiger partial charge in [-0.3, -0.25) is 4.68 Å². The predicted octanol–water partition coefficient (Wildman–Crippen LogP) is 3.27. The van der Waals surface area contributed by atoms with Gasteiger partial charge in [0.1, 0.15) is 0 Å². The van der Waals surface area contributed by atoms with Crippen LogP contribution >= 0.6 is 11.6 Å². The van der Waals surface area contributed by atoms with E-state index in [1.54, 1.807) is 4.68 Å². The van der Waals surface area contributed by atoms with Crippen molar-refractivity contribution in [1.29, 1.82) is 0 Å². The van der Waals surface area contributed by atoms with Crippen LogP contribution in [0.3, 0.4) is 0 Å². The van der Waals surface area contributed by atoms with Crippen LogP contribution < -0.4 is 5.73 Å². The fourth-order valence-corrected chi connectivity index (χ4v) is 2.24. The summed E-state index contributed by atoms with van der Waals surface area (Å²) in [5.74, 6) is -1.87. The summed E-state index contributed by atoms with van der Waals surface area (Å²) in [6.07, 6.45) is 2.30. The fraction of sp³-hybridized carbons (Fsp3) is 0.308. The van der Waals surface area contributed by atoms with E-state index < -0.39 is 17.7 Å². The number of benzene rings is 1. The zero-order valence-electron chi connectivity index (χ0n) is 10.4. The Morgan fingerprint density at radius 3 is 2.84 bits per heavy atom. The van der Waals surface area contributed by atoms with E-state index in [-0.39, 0.29) is 5.56 Å². The van der Waals surface area contributed by atoms with Crippen molar-refractivity contribution in [3.8, 4) is 0 Å². The molecular weight excluding hydrogens is 272 g/mol. The van der Waals surface area contributed by atoms with Gasteiger partial charge in [-0.05, 0) is 12.5 Å². The Hall–Kier alpha value is -1.46. The first kappa shape index (κ1) is 14.0. The van der Waals surface area contributed by atoms with Gasteiger partial charge in [-0.1, -0.05) is 30.7 Å². The van der Waals surface area contributed by atoms with E-state index in [9.17, 15) is 8.78 Å². The third-order valence-electron chi connectivity index (χ3n) is 2.88. The molecule has 0 aliphatic carbocycles. The quantitative estimate of drug-likeness (QED) is 0.937. The summed E-state index contributed by atoms with van der Waals surface area (Å²) >= 11 is 6.04. The summed E-state index contributed by atoms with van der Waals surface area (Å²) < 4.78 is 28.6. The van der Waals surface area contributed by atoms with Crippen LogP contribution in [0.5, 0.6) is 0 Å². The minimum absolute atomic E-state index is 0.0692. The van der Waals surface area contributed by atoms with E-state index in [4.69, 9.17) is 17.3 Å². The molecule has 1 heterocycles. The Labute approximate surface area is 115 Å². The zero-order valence-corrected chi connectivity index (χ0v) is 11.2. The second kappa shape index (κ2) is 5.67. The lowest BCUT2D eigenvalue weighted by Gasteiger charge is -2.16. The number of hydrogen-bond acceptors (Lipinski definition) is 2. The summed E-state index contributed by atoms with van der Waals surface area (Å²) in [6, 6.07) is 3.07. The molecule has 0 fully saturated rings. The second-order valence-corrected chi connectivity index (χ2v) is 4.63. The summed E-state index contributed by atoms with van der Waals surface area (Å²) in [5.41, 5.74) is 6.57. The lowest BCUT2D eigenvalue weighted by molar-refractivity contribution is 0.488. The molecule has 2 rings (SSSR count). The highest BCUT2D eigenvalue weighted by Gasteiger charge is 2.22. The first-order chi connectivity index (χ1) is 9.06. The maximum absolute atomic E-state index is 13.8. The van der Waals surface area contributed by atoms with Crippen molar-refractivity contribution in [2.75, 3.05) is 0 Å². The monoisotopic (exact) mass is 285 g/mol. The first-order valence-electron chi connectivity index (χ1n) is 5.97. The van der Waals surface area contributed by atoms with E-state index in [1.807, 2.05) is 6.92 Å². The Bertz CT molecular complexity index is 583. The molecule has 3 nitrogen and oxygen atoms in total. The van der Waals surface area contributed by atoms with Crippen molar-refractivity contribution in [2.24, 2.45) is 5.73 Å². The van der Waals surface area contributed by atoms with Crippen LogP contribution in [0.1, 0.15) is 30.6 Å². The Kier molecular flexibility index (Phi) is 4.17. The lowest BCUT2D eigenvalue weighted by atomic mass is 10.0. The van der Waals surface area contributed by atoms with E-state index in [0.29, 0.717) is 17.3 Å². The summed E-state index contributed by atoms with van der Waals surface area (Å²) in [4.78, 5) is 0. The SMILES string of the molecule is CCCn1ncc(Cl)c1C(N)c1cccc(F)c1F. The number of nitrogens with two attached hydrogens (primary N) is 1. The highest BCUT2D eigenvalue weighted by Crippen LogP contribution is 2.28. The molecule has 2 N–H and O–H groups in total. The van der Waals surface area contributed by atoms with Crippen molar-refractivity contribution in [3.63, 3.8) is 0 Å². The minimum atomic E-state index is -0.949. The van der Waals surface area contributed by atoms with Gasteiger partial charge in [-0.2, -0.15) is 5.10 Å². The van der Waals surface area contributed by atoms with Gasteiger partial charge in [0.25, 0.3) is 0 Å². The first-order valence-corrected chi connectivity index (χ1v) is 6.34. The molecule has 0 aliphatic rings. The average molecular weight is 286 g/mol. The van der Waals surface area contributed by atoms with Gasteiger partial charge in [0, 0.05) is 12.1 Å². The molecular formula is C13H14ClF2N3. The van der Waals surface area contributed by atoms with Crippen LogP contribution in [0.4, 0.5) is 8.78 Å². The summed E-state index contributed by atoms with van der Waals surface area (Å²) in [7, 11) is 0. The Morgan fingerprint density at radius 1 is 1.42 bits per heavy atom. The van der Waals surface area contributed by atoms with Crippen molar-refractivity contribution in [3.05, 3.63) is 52.3 Å². The number of aryl methyl sites for hydroxylation is 1. The van der Waals surface area contributed by atoms with Crippen LogP contribution in [0, 0.1) is 11.6 Å². The molecule has 1 aromatic carbocycles. The Morgan fingerprint density at radius 2 is 2.16 bits per heavy atom. The van der Waals surface area contributed by atoms with Crippen molar-refractivity contribution >= 4 is 11.6 Å². The average Bonchev–Trinajstić information content (AvgIpc) is 2.74. The van der Waals surface area contributed by atoms with Crippen molar-refractivity contribution in [2.45, 2.75) is 25.9 Å². The molecule has 0 bridgehead atoms. The third-order valence-corrected chi connectivity index (χ3v) is 3.17. The van der Waals surface area contributed by atoms with Gasteiger partial charge in [-0.25, -0.2) is 8.78 Å². The van der Waals surface area contributed by atoms with Crippen LogP contribution in [-0.4, -0.2) is 9.78 Å². The molecule has 2 aromatic rings. The van der Waals surface area contributed by atoms with E-state index in [2.05, 4.69) is 5.10 Å². The normalized spacial score (nSPS) is 12.7. The minimum Gasteiger partial charge on any atom is -0.319 e. The molecule has 19 heavy (non-hydrogen) atoms. The number of aromatic nitrogens is 2. The van der Waals surface area contributed by atoms with Gasteiger partial charge in [0.15, 0.2) is 11.6 Å². The molecule has 6 heteroatoms.